The van der Waals surface area contributed by atoms with Crippen LogP contribution in [0, 0.1) is 0 Å². The fraction of sp³-hybridized carbons (Fsp3) is 0.200. The van der Waals surface area contributed by atoms with Crippen LogP contribution in [0.25, 0.3) is 0 Å². The third-order valence-corrected chi connectivity index (χ3v) is 0.575. The minimum Gasteiger partial charge on any atom is -0.480 e. The highest BCUT2D eigenvalue weighted by Crippen LogP contribution is 1.57. The van der Waals surface area contributed by atoms with Gasteiger partial charge in [0.15, 0.2) is 0 Å². The molecule has 6 heteroatoms. The number of carboxylic acid groups (broad SMARTS) is 1. The van der Waals surface area contributed by atoms with Gasteiger partial charge in [0.05, 0.1) is 6.54 Å². The van der Waals surface area contributed by atoms with E-state index >= 15 is 0 Å². The summed E-state index contributed by atoms with van der Waals surface area (Å²) in [4.78, 5) is 19.9. The zero-order chi connectivity index (χ0) is 8.53. The Labute approximate surface area is 63.1 Å². The number of hydrogen-bond acceptors (Lipinski definition) is 5. The van der Waals surface area contributed by atoms with Crippen LogP contribution >= 0.6 is 0 Å². The first kappa shape index (κ1) is 9.44. The molecule has 0 amide bonds. The van der Waals surface area contributed by atoms with Crippen LogP contribution in [0.3, 0.4) is 0 Å². The molecular weight excluding hydrogens is 148 g/mol. The summed E-state index contributed by atoms with van der Waals surface area (Å²) in [5, 5.41) is 7.60. The highest BCUT2D eigenvalue weighted by atomic mass is 16.4. The van der Waals surface area contributed by atoms with Gasteiger partial charge in [-0.3, -0.25) is 4.79 Å². The predicted molar refractivity (Wildman–Crippen MR) is 36.5 cm³/mol. The Bertz CT molecular complexity index is 164. The number of nitrogens with two attached hydrogens (primary N) is 1. The molecule has 0 saturated carbocycles. The van der Waals surface area contributed by atoms with E-state index in [1.807, 2.05) is 0 Å². The number of rotatable bonds is 1. The van der Waals surface area contributed by atoms with Crippen molar-refractivity contribution in [3.63, 3.8) is 0 Å². The lowest BCUT2D eigenvalue weighted by Gasteiger charge is -1.73. The summed E-state index contributed by atoms with van der Waals surface area (Å²) in [7, 11) is 0. The largest absolute Gasteiger partial charge is 0.480 e. The SMILES string of the molecule is NCC(=O)O.c1ncncn1. The van der Waals surface area contributed by atoms with Crippen LogP contribution < -0.4 is 5.73 Å². The fourth-order valence-electron chi connectivity index (χ4n) is 0.205. The molecule has 60 valence electrons. The van der Waals surface area contributed by atoms with Crippen molar-refractivity contribution < 1.29 is 9.90 Å². The van der Waals surface area contributed by atoms with Crippen molar-refractivity contribution in [3.8, 4) is 0 Å². The van der Waals surface area contributed by atoms with Gasteiger partial charge in [-0.2, -0.15) is 0 Å². The molecule has 1 heterocycles. The third-order valence-electron chi connectivity index (χ3n) is 0.575. The third kappa shape index (κ3) is 8.44. The van der Waals surface area contributed by atoms with Crippen LogP contribution in [0.2, 0.25) is 0 Å². The van der Waals surface area contributed by atoms with Gasteiger partial charge in [-0.05, 0) is 0 Å². The number of aromatic nitrogens is 3. The molecule has 0 aromatic carbocycles. The van der Waals surface area contributed by atoms with Crippen LogP contribution in [0.15, 0.2) is 19.0 Å². The molecule has 1 aromatic rings. The molecule has 6 nitrogen and oxygen atoms in total. The van der Waals surface area contributed by atoms with E-state index in [4.69, 9.17) is 5.11 Å². The molecule has 11 heavy (non-hydrogen) atoms. The van der Waals surface area contributed by atoms with Gasteiger partial charge in [-0.1, -0.05) is 0 Å². The van der Waals surface area contributed by atoms with Crippen molar-refractivity contribution in [3.05, 3.63) is 19.0 Å². The molecule has 0 aliphatic rings. The zero-order valence-corrected chi connectivity index (χ0v) is 5.71. The molecule has 0 aliphatic heterocycles. The average Bonchev–Trinajstić information content (AvgIpc) is 2.09. The van der Waals surface area contributed by atoms with E-state index in [0.29, 0.717) is 0 Å². The van der Waals surface area contributed by atoms with E-state index in [0.717, 1.165) is 0 Å². The van der Waals surface area contributed by atoms with Crippen LogP contribution in [0.5, 0.6) is 0 Å². The summed E-state index contributed by atoms with van der Waals surface area (Å²) >= 11 is 0. The number of hydrogen-bond donors (Lipinski definition) is 2. The number of carboxylic acids is 1. The Morgan fingerprint density at radius 1 is 1.27 bits per heavy atom. The molecule has 3 N–H and O–H groups in total. The Morgan fingerprint density at radius 2 is 1.55 bits per heavy atom. The standard InChI is InChI=1S/C3H3N3.C2H5NO2/c1-4-2-6-3-5-1;3-1-2(4)5/h1-3H;1,3H2,(H,4,5). The smallest absolute Gasteiger partial charge is 0.317 e. The van der Waals surface area contributed by atoms with Gasteiger partial charge in [-0.25, -0.2) is 15.0 Å². The van der Waals surface area contributed by atoms with E-state index in [-0.39, 0.29) is 6.54 Å². The van der Waals surface area contributed by atoms with Gasteiger partial charge in [0.1, 0.15) is 19.0 Å². The Kier molecular flexibility index (Phi) is 5.63. The minimum atomic E-state index is -0.968. The van der Waals surface area contributed by atoms with Crippen molar-refractivity contribution in [2.24, 2.45) is 5.73 Å². The molecule has 1 rings (SSSR count). The van der Waals surface area contributed by atoms with Crippen molar-refractivity contribution in [2.45, 2.75) is 0 Å². The second-order valence-corrected chi connectivity index (χ2v) is 1.39. The van der Waals surface area contributed by atoms with Crippen LogP contribution in [-0.4, -0.2) is 32.6 Å². The summed E-state index contributed by atoms with van der Waals surface area (Å²) in [6, 6.07) is 0. The first-order valence-electron chi connectivity index (χ1n) is 2.74. The maximum Gasteiger partial charge on any atom is 0.317 e. The average molecular weight is 156 g/mol. The first-order chi connectivity index (χ1) is 5.27. The Balaban J connectivity index is 0.000000187. The summed E-state index contributed by atoms with van der Waals surface area (Å²) in [6.45, 7) is -0.278. The first-order valence-corrected chi connectivity index (χ1v) is 2.74. The van der Waals surface area contributed by atoms with Gasteiger partial charge in [0, 0.05) is 0 Å². The summed E-state index contributed by atoms with van der Waals surface area (Å²) in [5.74, 6) is -0.968. The van der Waals surface area contributed by atoms with E-state index < -0.39 is 5.97 Å². The molecule has 0 spiro atoms. The van der Waals surface area contributed by atoms with E-state index in [2.05, 4.69) is 20.7 Å². The number of carbonyl (C=O) groups is 1. The van der Waals surface area contributed by atoms with E-state index in [9.17, 15) is 4.79 Å². The topological polar surface area (TPSA) is 102 Å². The van der Waals surface area contributed by atoms with Crippen molar-refractivity contribution in [1.29, 1.82) is 0 Å². The summed E-state index contributed by atoms with van der Waals surface area (Å²) in [5.41, 5.74) is 4.57. The Hall–Kier alpha value is -1.56. The lowest BCUT2D eigenvalue weighted by molar-refractivity contribution is -0.135. The highest BCUT2D eigenvalue weighted by molar-refractivity contribution is 5.68. The zero-order valence-electron chi connectivity index (χ0n) is 5.71. The maximum absolute atomic E-state index is 9.24. The lowest BCUT2D eigenvalue weighted by atomic mass is 10.7. The predicted octanol–water partition coefficient (Wildman–Crippen LogP) is -1.10. The normalized spacial score (nSPS) is 7.73. The van der Waals surface area contributed by atoms with Gasteiger partial charge in [-0.15, -0.1) is 0 Å². The molecule has 0 fully saturated rings. The van der Waals surface area contributed by atoms with Crippen molar-refractivity contribution in [2.75, 3.05) is 6.54 Å². The van der Waals surface area contributed by atoms with Gasteiger partial charge < -0.3 is 10.8 Å². The second kappa shape index (κ2) is 6.56. The maximum atomic E-state index is 9.24. The molecule has 0 aliphatic carbocycles. The number of nitrogens with zero attached hydrogens (tertiary/aromatic N) is 3. The summed E-state index contributed by atoms with van der Waals surface area (Å²) < 4.78 is 0. The molecule has 0 unspecified atom stereocenters. The van der Waals surface area contributed by atoms with Crippen LogP contribution in [-0.2, 0) is 4.79 Å². The van der Waals surface area contributed by atoms with E-state index in [1.165, 1.54) is 19.0 Å². The fourth-order valence-corrected chi connectivity index (χ4v) is 0.205. The molecule has 0 radical (unpaired) electrons. The van der Waals surface area contributed by atoms with Gasteiger partial charge in [0.2, 0.25) is 0 Å². The quantitative estimate of drug-likeness (QED) is 0.535. The van der Waals surface area contributed by atoms with Crippen LogP contribution in [0.4, 0.5) is 0 Å². The van der Waals surface area contributed by atoms with Gasteiger partial charge >= 0.3 is 5.97 Å². The Morgan fingerprint density at radius 3 is 1.64 bits per heavy atom. The molecule has 0 saturated heterocycles. The molecule has 0 bridgehead atoms. The lowest BCUT2D eigenvalue weighted by Crippen LogP contribution is -2.10. The van der Waals surface area contributed by atoms with E-state index in [1.54, 1.807) is 0 Å². The summed E-state index contributed by atoms with van der Waals surface area (Å²) in [6.07, 6.45) is 4.31. The highest BCUT2D eigenvalue weighted by Gasteiger charge is 1.81. The molecule has 1 aromatic heterocycles. The van der Waals surface area contributed by atoms with Gasteiger partial charge in [0.25, 0.3) is 0 Å². The monoisotopic (exact) mass is 156 g/mol. The van der Waals surface area contributed by atoms with Crippen LogP contribution in [0.1, 0.15) is 0 Å². The second-order valence-electron chi connectivity index (χ2n) is 1.39. The molecule has 0 atom stereocenters. The van der Waals surface area contributed by atoms with Crippen molar-refractivity contribution >= 4 is 5.97 Å². The van der Waals surface area contributed by atoms with Crippen molar-refractivity contribution in [1.82, 2.24) is 15.0 Å². The number of aliphatic carboxylic acids is 1. The molecular formula is C5H8N4O2. The minimum absolute atomic E-state index is 0.278.